The number of rotatable bonds is 15. The molecule has 3 nitrogen and oxygen atoms in total. The maximum absolute atomic E-state index is 14.7. The summed E-state index contributed by atoms with van der Waals surface area (Å²) >= 11 is 0. The van der Waals surface area contributed by atoms with Gasteiger partial charge in [0.05, 0.1) is 0 Å². The van der Waals surface area contributed by atoms with Crippen molar-refractivity contribution in [3.8, 4) is 0 Å². The summed E-state index contributed by atoms with van der Waals surface area (Å²) < 4.78 is 255. The maximum Gasteiger partial charge on any atom is 0.582 e. The van der Waals surface area contributed by atoms with Crippen molar-refractivity contribution in [3.05, 3.63) is 0 Å². The second-order valence-corrected chi connectivity index (χ2v) is 9.73. The SMILES string of the molecule is CCO[Si](OCC)(OCC)C(F)(F)C(F)(F)C(F)(F)C(F)(F)C(F)(F)C(F)(F)C(F)(F)CCC(F)(F)F.F[SiH3]. The minimum atomic E-state index is -8.44. The molecule has 0 unspecified atom stereocenters. The molecular weight excluding hydrogens is 638 g/mol. The summed E-state index contributed by atoms with van der Waals surface area (Å²) in [6.07, 6.45) is -12.2. The Labute approximate surface area is 213 Å². The fourth-order valence-corrected chi connectivity index (χ4v) is 5.11. The summed E-state index contributed by atoms with van der Waals surface area (Å²) in [4.78, 5) is 0. The van der Waals surface area contributed by atoms with Gasteiger partial charge >= 0.3 is 56.1 Å². The van der Waals surface area contributed by atoms with Crippen LogP contribution in [0.2, 0.25) is 0 Å². The minimum Gasteiger partial charge on any atom is -0.370 e. The average molecular weight is 660 g/mol. The Bertz CT molecular complexity index is 742. The molecule has 0 saturated carbocycles. The second-order valence-electron chi connectivity index (χ2n) is 7.12. The van der Waals surface area contributed by atoms with Gasteiger partial charge < -0.3 is 17.4 Å². The number of halogens is 18. The van der Waals surface area contributed by atoms with Gasteiger partial charge in [-0.2, -0.15) is 74.6 Å². The van der Waals surface area contributed by atoms with Crippen LogP contribution in [0.3, 0.4) is 0 Å². The molecular formula is C16H22F18O3Si2. The molecule has 0 heterocycles. The first kappa shape index (κ1) is 40.2. The summed E-state index contributed by atoms with van der Waals surface area (Å²) in [7, 11) is -6.82. The van der Waals surface area contributed by atoms with Crippen LogP contribution in [0.5, 0.6) is 0 Å². The van der Waals surface area contributed by atoms with E-state index in [1.807, 2.05) is 0 Å². The molecule has 0 spiro atoms. The highest BCUT2D eigenvalue weighted by Crippen LogP contribution is 2.63. The van der Waals surface area contributed by atoms with Gasteiger partial charge in [0.15, 0.2) is 0 Å². The molecule has 0 aliphatic rings. The fourth-order valence-electron chi connectivity index (χ4n) is 2.63. The van der Waals surface area contributed by atoms with Crippen molar-refractivity contribution in [1.29, 1.82) is 0 Å². The first-order valence-electron chi connectivity index (χ1n) is 10.1. The zero-order valence-electron chi connectivity index (χ0n) is 20.1. The molecule has 0 atom stereocenters. The zero-order chi connectivity index (χ0) is 32.2. The maximum atomic E-state index is 14.7. The van der Waals surface area contributed by atoms with Gasteiger partial charge in [0, 0.05) is 32.7 Å². The lowest BCUT2D eigenvalue weighted by Gasteiger charge is -2.45. The summed E-state index contributed by atoms with van der Waals surface area (Å²) in [5, 5.41) is 0. The van der Waals surface area contributed by atoms with Crippen molar-refractivity contribution in [2.75, 3.05) is 19.8 Å². The van der Waals surface area contributed by atoms with Gasteiger partial charge in [-0.15, -0.1) is 0 Å². The Kier molecular flexibility index (Phi) is 13.3. The average Bonchev–Trinajstić information content (AvgIpc) is 2.78. The predicted octanol–water partition coefficient (Wildman–Crippen LogP) is 6.60. The molecule has 23 heteroatoms. The first-order chi connectivity index (χ1) is 17.1. The molecule has 0 bridgehead atoms. The van der Waals surface area contributed by atoms with E-state index in [1.165, 1.54) is 0 Å². The second kappa shape index (κ2) is 12.9. The summed E-state index contributed by atoms with van der Waals surface area (Å²) in [5.41, 5.74) is -6.79. The van der Waals surface area contributed by atoms with Crippen LogP contribution in [-0.4, -0.2) is 86.5 Å². The molecule has 0 N–H and O–H groups in total. The highest BCUT2D eigenvalue weighted by molar-refractivity contribution is 6.63. The third-order valence-electron chi connectivity index (χ3n) is 4.54. The molecule has 0 aromatic heterocycles. The molecule has 0 fully saturated rings. The van der Waals surface area contributed by atoms with Crippen LogP contribution < -0.4 is 0 Å². The van der Waals surface area contributed by atoms with Crippen molar-refractivity contribution >= 4 is 19.4 Å². The molecule has 0 saturated heterocycles. The van der Waals surface area contributed by atoms with E-state index in [0.29, 0.717) is 0 Å². The summed E-state index contributed by atoms with van der Waals surface area (Å²) in [6.45, 7) is -1.05. The van der Waals surface area contributed by atoms with Crippen LogP contribution in [0.4, 0.5) is 78.7 Å². The van der Waals surface area contributed by atoms with E-state index in [0.717, 1.165) is 20.8 Å². The number of hydrogen-bond acceptors (Lipinski definition) is 3. The molecule has 238 valence electrons. The molecule has 0 rings (SSSR count). The smallest absolute Gasteiger partial charge is 0.370 e. The third kappa shape index (κ3) is 6.93. The quantitative estimate of drug-likeness (QED) is 0.113. The third-order valence-corrected chi connectivity index (χ3v) is 7.63. The van der Waals surface area contributed by atoms with Gasteiger partial charge in [-0.3, -0.25) is 0 Å². The van der Waals surface area contributed by atoms with Gasteiger partial charge in [-0.05, 0) is 20.8 Å². The predicted molar refractivity (Wildman–Crippen MR) is 102 cm³/mol. The van der Waals surface area contributed by atoms with Crippen molar-refractivity contribution < 1.29 is 92.0 Å². The van der Waals surface area contributed by atoms with Crippen LogP contribution in [0.1, 0.15) is 33.6 Å². The molecule has 0 radical (unpaired) electrons. The number of hydrogen-bond donors (Lipinski definition) is 0. The van der Waals surface area contributed by atoms with Crippen LogP contribution in [-0.2, 0) is 13.3 Å². The van der Waals surface area contributed by atoms with E-state index in [-0.39, 0.29) is 10.6 Å². The van der Waals surface area contributed by atoms with Gasteiger partial charge in [0.2, 0.25) is 10.6 Å². The van der Waals surface area contributed by atoms with Crippen molar-refractivity contribution in [2.24, 2.45) is 0 Å². The Balaban J connectivity index is 0. The molecule has 39 heavy (non-hydrogen) atoms. The normalized spacial score (nSPS) is 15.3. The van der Waals surface area contributed by atoms with E-state index in [2.05, 4.69) is 13.3 Å². The van der Waals surface area contributed by atoms with E-state index in [4.69, 9.17) is 0 Å². The van der Waals surface area contributed by atoms with Crippen LogP contribution in [0.15, 0.2) is 0 Å². The summed E-state index contributed by atoms with van der Waals surface area (Å²) in [5.74, 6) is -47.6. The van der Waals surface area contributed by atoms with E-state index < -0.39 is 88.7 Å². The zero-order valence-corrected chi connectivity index (χ0v) is 23.1. The van der Waals surface area contributed by atoms with Gasteiger partial charge in [0.25, 0.3) is 0 Å². The van der Waals surface area contributed by atoms with E-state index in [1.54, 1.807) is 0 Å². The van der Waals surface area contributed by atoms with Gasteiger partial charge in [-0.25, -0.2) is 0 Å². The molecule has 0 aromatic rings. The highest BCUT2D eigenvalue weighted by Gasteiger charge is 2.95. The lowest BCUT2D eigenvalue weighted by atomic mass is 9.90. The molecule has 0 amide bonds. The molecule has 0 aromatic carbocycles. The topological polar surface area (TPSA) is 27.7 Å². The van der Waals surface area contributed by atoms with E-state index >= 15 is 0 Å². The highest BCUT2D eigenvalue weighted by atomic mass is 28.4. The Hall–Kier alpha value is -0.946. The van der Waals surface area contributed by atoms with Crippen LogP contribution >= 0.6 is 0 Å². The monoisotopic (exact) mass is 660 g/mol. The van der Waals surface area contributed by atoms with Gasteiger partial charge in [0.1, 0.15) is 0 Å². The van der Waals surface area contributed by atoms with Crippen molar-refractivity contribution in [2.45, 2.75) is 80.9 Å². The lowest BCUT2D eigenvalue weighted by molar-refractivity contribution is -0.439. The minimum absolute atomic E-state index is 0.194. The van der Waals surface area contributed by atoms with Crippen LogP contribution in [0, 0.1) is 0 Å². The Morgan fingerprint density at radius 1 is 0.462 bits per heavy atom. The lowest BCUT2D eigenvalue weighted by Crippen LogP contribution is -2.78. The Morgan fingerprint density at radius 2 is 0.744 bits per heavy atom. The molecule has 0 aliphatic heterocycles. The Morgan fingerprint density at radius 3 is 1.03 bits per heavy atom. The fraction of sp³-hybridized carbons (Fsp3) is 1.00. The van der Waals surface area contributed by atoms with Gasteiger partial charge in [-0.1, -0.05) is 0 Å². The first-order valence-corrected chi connectivity index (χ1v) is 12.6. The van der Waals surface area contributed by atoms with Crippen molar-refractivity contribution in [1.82, 2.24) is 0 Å². The van der Waals surface area contributed by atoms with Crippen LogP contribution in [0.25, 0.3) is 0 Å². The molecule has 0 aliphatic carbocycles. The summed E-state index contributed by atoms with van der Waals surface area (Å²) in [6, 6.07) is 0. The van der Waals surface area contributed by atoms with E-state index in [9.17, 15) is 78.7 Å². The standard InChI is InChI=1S/C16H19F17O3Si.FH3Si/c1-4-34-37(35-5-2,36-6-3)16(32,33)15(30,31)14(28,29)13(26,27)12(24,25)11(22,23)9(17,18)7-8-10(19,20)21;1-2/h4-8H2,1-3H3;2H3. The number of alkyl halides is 17. The largest absolute Gasteiger partial charge is 0.582 e. The van der Waals surface area contributed by atoms with Crippen molar-refractivity contribution in [3.63, 3.8) is 0 Å².